The Morgan fingerprint density at radius 2 is 1.82 bits per heavy atom. The van der Waals surface area contributed by atoms with Gasteiger partial charge in [-0.2, -0.15) is 0 Å². The topological polar surface area (TPSA) is 95.5 Å². The largest absolute Gasteiger partial charge is 0.481 e. The summed E-state index contributed by atoms with van der Waals surface area (Å²) >= 11 is 0. The smallest absolute Gasteiger partial charge is 0.307 e. The van der Waals surface area contributed by atoms with Crippen LogP contribution in [0.5, 0.6) is 0 Å². The van der Waals surface area contributed by atoms with Gasteiger partial charge in [0.1, 0.15) is 0 Å². The van der Waals surface area contributed by atoms with Crippen LogP contribution in [0, 0.1) is 5.41 Å². The van der Waals surface area contributed by atoms with E-state index in [2.05, 4.69) is 10.6 Å². The molecular formula is C16H22N2O4. The molecule has 0 fully saturated rings. The first kappa shape index (κ1) is 17.7. The van der Waals surface area contributed by atoms with Gasteiger partial charge in [-0.15, -0.1) is 0 Å². The summed E-state index contributed by atoms with van der Waals surface area (Å²) in [5, 5.41) is 13.9. The van der Waals surface area contributed by atoms with Crippen molar-refractivity contribution in [2.75, 3.05) is 11.9 Å². The Morgan fingerprint density at radius 3 is 2.41 bits per heavy atom. The molecule has 22 heavy (non-hydrogen) atoms. The van der Waals surface area contributed by atoms with Gasteiger partial charge in [0.05, 0.1) is 13.0 Å². The Balaban J connectivity index is 2.48. The van der Waals surface area contributed by atoms with Crippen molar-refractivity contribution in [3.05, 3.63) is 29.8 Å². The van der Waals surface area contributed by atoms with E-state index in [1.165, 1.54) is 0 Å². The minimum atomic E-state index is -0.932. The number of nitrogens with one attached hydrogen (secondary N) is 2. The van der Waals surface area contributed by atoms with E-state index in [0.29, 0.717) is 17.7 Å². The fourth-order valence-corrected chi connectivity index (χ4v) is 1.86. The highest BCUT2D eigenvalue weighted by atomic mass is 16.4. The Kier molecular flexibility index (Phi) is 6.10. The first-order chi connectivity index (χ1) is 10.2. The normalized spacial score (nSPS) is 10.9. The predicted molar refractivity (Wildman–Crippen MR) is 83.5 cm³/mol. The highest BCUT2D eigenvalue weighted by molar-refractivity contribution is 5.94. The standard InChI is InChI=1S/C16H22N2O4/c1-16(2,3)9-13(19)17-10-14(20)18-12-6-4-5-11(7-12)8-15(21)22/h4-7H,8-10H2,1-3H3,(H,17,19)(H,18,20)(H,21,22). The van der Waals surface area contributed by atoms with Crippen molar-refractivity contribution in [2.24, 2.45) is 5.41 Å². The number of carboxylic acids is 1. The summed E-state index contributed by atoms with van der Waals surface area (Å²) in [6.07, 6.45) is 0.237. The van der Waals surface area contributed by atoms with Gasteiger partial charge in [-0.1, -0.05) is 32.9 Å². The van der Waals surface area contributed by atoms with Crippen LogP contribution in [0.15, 0.2) is 24.3 Å². The van der Waals surface area contributed by atoms with Gasteiger partial charge in [0.15, 0.2) is 0 Å². The predicted octanol–water partition coefficient (Wildman–Crippen LogP) is 1.80. The molecule has 0 radical (unpaired) electrons. The summed E-state index contributed by atoms with van der Waals surface area (Å²) in [4.78, 5) is 34.1. The third-order valence-corrected chi connectivity index (χ3v) is 2.70. The molecule has 0 saturated carbocycles. The monoisotopic (exact) mass is 306 g/mol. The maximum absolute atomic E-state index is 11.8. The molecule has 1 rings (SSSR count). The number of carbonyl (C=O) groups excluding carboxylic acids is 2. The summed E-state index contributed by atoms with van der Waals surface area (Å²) in [6.45, 7) is 5.72. The highest BCUT2D eigenvalue weighted by Crippen LogP contribution is 2.17. The van der Waals surface area contributed by atoms with Crippen LogP contribution in [-0.4, -0.2) is 29.4 Å². The van der Waals surface area contributed by atoms with Crippen molar-refractivity contribution in [2.45, 2.75) is 33.6 Å². The molecule has 6 heteroatoms. The summed E-state index contributed by atoms with van der Waals surface area (Å²) in [6, 6.07) is 6.62. The SMILES string of the molecule is CC(C)(C)CC(=O)NCC(=O)Nc1cccc(CC(=O)O)c1. The molecule has 1 aromatic carbocycles. The van der Waals surface area contributed by atoms with Gasteiger partial charge >= 0.3 is 5.97 Å². The van der Waals surface area contributed by atoms with E-state index in [1.807, 2.05) is 20.8 Å². The molecule has 0 aliphatic carbocycles. The van der Waals surface area contributed by atoms with Crippen molar-refractivity contribution >= 4 is 23.5 Å². The molecule has 1 aromatic rings. The van der Waals surface area contributed by atoms with Crippen LogP contribution in [0.1, 0.15) is 32.8 Å². The minimum Gasteiger partial charge on any atom is -0.481 e. The summed E-state index contributed by atoms with van der Waals surface area (Å²) in [5.41, 5.74) is 0.974. The molecule has 3 N–H and O–H groups in total. The van der Waals surface area contributed by atoms with Crippen molar-refractivity contribution in [3.63, 3.8) is 0 Å². The number of hydrogen-bond donors (Lipinski definition) is 3. The third-order valence-electron chi connectivity index (χ3n) is 2.70. The maximum atomic E-state index is 11.8. The molecule has 0 aliphatic rings. The lowest BCUT2D eigenvalue weighted by molar-refractivity contribution is -0.136. The van der Waals surface area contributed by atoms with E-state index in [9.17, 15) is 14.4 Å². The second kappa shape index (κ2) is 7.59. The molecule has 0 heterocycles. The Bertz CT molecular complexity index is 562. The number of rotatable bonds is 6. The zero-order valence-electron chi connectivity index (χ0n) is 13.1. The second-order valence-electron chi connectivity index (χ2n) is 6.33. The average Bonchev–Trinajstić information content (AvgIpc) is 2.34. The van der Waals surface area contributed by atoms with Crippen molar-refractivity contribution < 1.29 is 19.5 Å². The molecule has 120 valence electrons. The summed E-state index contributed by atoms with van der Waals surface area (Å²) < 4.78 is 0. The van der Waals surface area contributed by atoms with Crippen LogP contribution in [0.3, 0.4) is 0 Å². The fraction of sp³-hybridized carbons (Fsp3) is 0.438. The Hall–Kier alpha value is -2.37. The molecular weight excluding hydrogens is 284 g/mol. The Morgan fingerprint density at radius 1 is 1.14 bits per heavy atom. The summed E-state index contributed by atoms with van der Waals surface area (Å²) in [7, 11) is 0. The van der Waals surface area contributed by atoms with E-state index in [-0.39, 0.29) is 30.2 Å². The van der Waals surface area contributed by atoms with Gasteiger partial charge < -0.3 is 15.7 Å². The van der Waals surface area contributed by atoms with E-state index in [1.54, 1.807) is 24.3 Å². The second-order valence-corrected chi connectivity index (χ2v) is 6.33. The number of amides is 2. The highest BCUT2D eigenvalue weighted by Gasteiger charge is 2.16. The molecule has 0 aliphatic heterocycles. The van der Waals surface area contributed by atoms with Gasteiger partial charge in [-0.25, -0.2) is 0 Å². The fourth-order valence-electron chi connectivity index (χ4n) is 1.86. The van der Waals surface area contributed by atoms with Crippen LogP contribution in [0.25, 0.3) is 0 Å². The quantitative estimate of drug-likeness (QED) is 0.747. The van der Waals surface area contributed by atoms with Gasteiger partial charge in [0, 0.05) is 12.1 Å². The minimum absolute atomic E-state index is 0.105. The number of benzene rings is 1. The first-order valence-corrected chi connectivity index (χ1v) is 7.03. The summed E-state index contributed by atoms with van der Waals surface area (Å²) in [5.74, 6) is -1.46. The number of hydrogen-bond acceptors (Lipinski definition) is 3. The van der Waals surface area contributed by atoms with E-state index in [0.717, 1.165) is 0 Å². The molecule has 6 nitrogen and oxygen atoms in total. The average molecular weight is 306 g/mol. The van der Waals surface area contributed by atoms with Crippen LogP contribution in [-0.2, 0) is 20.8 Å². The number of carboxylic acid groups (broad SMARTS) is 1. The molecule has 0 aromatic heterocycles. The van der Waals surface area contributed by atoms with Crippen molar-refractivity contribution in [3.8, 4) is 0 Å². The van der Waals surface area contributed by atoms with Crippen LogP contribution in [0.2, 0.25) is 0 Å². The third kappa shape index (κ3) is 7.42. The molecule has 0 unspecified atom stereocenters. The maximum Gasteiger partial charge on any atom is 0.307 e. The lowest BCUT2D eigenvalue weighted by Gasteiger charge is -2.17. The van der Waals surface area contributed by atoms with E-state index >= 15 is 0 Å². The van der Waals surface area contributed by atoms with Gasteiger partial charge in [0.2, 0.25) is 11.8 Å². The molecule has 0 saturated heterocycles. The van der Waals surface area contributed by atoms with Crippen LogP contribution < -0.4 is 10.6 Å². The van der Waals surface area contributed by atoms with Crippen molar-refractivity contribution in [1.29, 1.82) is 0 Å². The Labute approximate surface area is 129 Å². The lowest BCUT2D eigenvalue weighted by Crippen LogP contribution is -2.34. The lowest BCUT2D eigenvalue weighted by atomic mass is 9.92. The zero-order chi connectivity index (χ0) is 16.8. The van der Waals surface area contributed by atoms with E-state index < -0.39 is 5.97 Å². The number of carbonyl (C=O) groups is 3. The molecule has 2 amide bonds. The van der Waals surface area contributed by atoms with Crippen molar-refractivity contribution in [1.82, 2.24) is 5.32 Å². The number of aliphatic carboxylic acids is 1. The van der Waals surface area contributed by atoms with Gasteiger partial charge in [-0.05, 0) is 23.1 Å². The van der Waals surface area contributed by atoms with E-state index in [4.69, 9.17) is 5.11 Å². The number of anilines is 1. The van der Waals surface area contributed by atoms with Gasteiger partial charge in [-0.3, -0.25) is 14.4 Å². The van der Waals surface area contributed by atoms with Gasteiger partial charge in [0.25, 0.3) is 0 Å². The molecule has 0 atom stereocenters. The molecule has 0 bridgehead atoms. The zero-order valence-corrected chi connectivity index (χ0v) is 13.1. The first-order valence-electron chi connectivity index (χ1n) is 7.03. The molecule has 0 spiro atoms. The van der Waals surface area contributed by atoms with Crippen LogP contribution in [0.4, 0.5) is 5.69 Å². The van der Waals surface area contributed by atoms with Crippen LogP contribution >= 0.6 is 0 Å².